The van der Waals surface area contributed by atoms with Crippen molar-refractivity contribution in [3.63, 3.8) is 0 Å². The molecule has 2 amide bonds. The number of hydrogen-bond acceptors (Lipinski definition) is 5. The van der Waals surface area contributed by atoms with Gasteiger partial charge in [-0.25, -0.2) is 0 Å². The van der Waals surface area contributed by atoms with Crippen LogP contribution in [0.25, 0.3) is 0 Å². The van der Waals surface area contributed by atoms with Crippen LogP contribution in [0.3, 0.4) is 0 Å². The lowest BCUT2D eigenvalue weighted by Gasteiger charge is -2.56. The van der Waals surface area contributed by atoms with Gasteiger partial charge >= 0.3 is 0 Å². The van der Waals surface area contributed by atoms with Gasteiger partial charge in [0, 0.05) is 55.8 Å². The Kier molecular flexibility index (Phi) is 6.68. The number of carbonyl (C=O) groups excluding carboxylic acids is 2. The number of nitrogens with one attached hydrogen (secondary N) is 1. The molecule has 4 bridgehead atoms. The smallest absolute Gasteiger partial charge is 0.270 e. The Morgan fingerprint density at radius 1 is 1.03 bits per heavy atom. The van der Waals surface area contributed by atoms with Gasteiger partial charge in [-0.05, 0) is 73.3 Å². The van der Waals surface area contributed by atoms with E-state index in [1.54, 1.807) is 6.07 Å². The average molecular weight is 533 g/mol. The molecule has 1 N–H and O–H groups in total. The summed E-state index contributed by atoms with van der Waals surface area (Å²) in [5, 5.41) is 14.0. The molecule has 5 aliphatic rings. The molecule has 4 aliphatic carbocycles. The first kappa shape index (κ1) is 23.7. The van der Waals surface area contributed by atoms with E-state index in [0.29, 0.717) is 43.6 Å². The fraction of sp³-hybridized carbons (Fsp3) is 0.680. The van der Waals surface area contributed by atoms with Crippen molar-refractivity contribution < 1.29 is 14.5 Å². The van der Waals surface area contributed by atoms with Gasteiger partial charge in [-0.2, -0.15) is 0 Å². The van der Waals surface area contributed by atoms with E-state index in [4.69, 9.17) is 0 Å². The van der Waals surface area contributed by atoms with Gasteiger partial charge in [-0.3, -0.25) is 24.6 Å². The number of amides is 2. The standard InChI is InChI=1S/C25H33BrN4O4/c26-21-8-20(9-22(10-21)30(33)34)16-28-1-3-29(4-2-28)24(32)15-27-23(31)14-25-11-17-5-18(12-25)7-19(6-17)13-25/h8-10,17-19H,1-7,11-16H2,(H,27,31). The van der Waals surface area contributed by atoms with Crippen molar-refractivity contribution in [2.45, 2.75) is 51.5 Å². The van der Waals surface area contributed by atoms with E-state index in [9.17, 15) is 19.7 Å². The van der Waals surface area contributed by atoms with Crippen molar-refractivity contribution in [1.82, 2.24) is 15.1 Å². The number of nitro groups is 1. The van der Waals surface area contributed by atoms with Crippen molar-refractivity contribution in [2.75, 3.05) is 32.7 Å². The first-order valence-electron chi connectivity index (χ1n) is 12.5. The van der Waals surface area contributed by atoms with Crippen molar-refractivity contribution in [2.24, 2.45) is 23.2 Å². The lowest BCUT2D eigenvalue weighted by Crippen LogP contribution is -2.51. The second-order valence-electron chi connectivity index (χ2n) is 11.1. The van der Waals surface area contributed by atoms with Crippen LogP contribution in [0, 0.1) is 33.3 Å². The highest BCUT2D eigenvalue weighted by Crippen LogP contribution is 2.61. The summed E-state index contributed by atoms with van der Waals surface area (Å²) in [6.07, 6.45) is 8.27. The molecular formula is C25H33BrN4O4. The molecule has 1 aromatic rings. The van der Waals surface area contributed by atoms with E-state index in [0.717, 1.165) is 23.3 Å². The summed E-state index contributed by atoms with van der Waals surface area (Å²) in [7, 11) is 0. The minimum absolute atomic E-state index is 0.0309. The molecule has 0 aromatic heterocycles. The molecule has 34 heavy (non-hydrogen) atoms. The Morgan fingerprint density at radius 3 is 2.24 bits per heavy atom. The lowest BCUT2D eigenvalue weighted by atomic mass is 9.49. The summed E-state index contributed by atoms with van der Waals surface area (Å²) in [6.45, 7) is 3.27. The molecule has 0 unspecified atom stereocenters. The number of carbonyl (C=O) groups is 2. The third-order valence-corrected chi connectivity index (χ3v) is 8.88. The quantitative estimate of drug-likeness (QED) is 0.426. The Balaban J connectivity index is 1.06. The summed E-state index contributed by atoms with van der Waals surface area (Å²) in [6, 6.07) is 4.99. The summed E-state index contributed by atoms with van der Waals surface area (Å²) in [5.41, 5.74) is 1.13. The van der Waals surface area contributed by atoms with E-state index in [1.807, 2.05) is 11.0 Å². The molecule has 4 saturated carbocycles. The topological polar surface area (TPSA) is 95.8 Å². The first-order chi connectivity index (χ1) is 16.3. The van der Waals surface area contributed by atoms with Gasteiger partial charge in [0.2, 0.25) is 11.8 Å². The van der Waals surface area contributed by atoms with Crippen molar-refractivity contribution in [1.29, 1.82) is 0 Å². The Labute approximate surface area is 208 Å². The third kappa shape index (κ3) is 5.30. The van der Waals surface area contributed by atoms with Crippen LogP contribution in [0.15, 0.2) is 22.7 Å². The van der Waals surface area contributed by atoms with Crippen LogP contribution in [0.5, 0.6) is 0 Å². The van der Waals surface area contributed by atoms with Gasteiger partial charge in [0.1, 0.15) is 0 Å². The zero-order chi connectivity index (χ0) is 23.9. The van der Waals surface area contributed by atoms with Crippen LogP contribution in [0.2, 0.25) is 0 Å². The van der Waals surface area contributed by atoms with E-state index in [2.05, 4.69) is 26.1 Å². The number of non-ortho nitro benzene ring substituents is 1. The Hall–Kier alpha value is -2.00. The molecule has 5 fully saturated rings. The highest BCUT2D eigenvalue weighted by Gasteiger charge is 2.51. The third-order valence-electron chi connectivity index (χ3n) is 8.42. The summed E-state index contributed by atoms with van der Waals surface area (Å²) in [5.74, 6) is 2.46. The first-order valence-corrected chi connectivity index (χ1v) is 13.3. The largest absolute Gasteiger partial charge is 0.347 e. The number of nitro benzene ring substituents is 1. The number of halogens is 1. The van der Waals surface area contributed by atoms with E-state index >= 15 is 0 Å². The molecule has 8 nitrogen and oxygen atoms in total. The number of benzene rings is 1. The zero-order valence-electron chi connectivity index (χ0n) is 19.5. The number of rotatable bonds is 7. The molecule has 184 valence electrons. The zero-order valence-corrected chi connectivity index (χ0v) is 21.1. The maximum Gasteiger partial charge on any atom is 0.270 e. The highest BCUT2D eigenvalue weighted by molar-refractivity contribution is 9.10. The van der Waals surface area contributed by atoms with Gasteiger partial charge in [-0.15, -0.1) is 0 Å². The minimum atomic E-state index is -0.387. The lowest BCUT2D eigenvalue weighted by molar-refractivity contribution is -0.385. The van der Waals surface area contributed by atoms with E-state index in [-0.39, 0.29) is 34.4 Å². The average Bonchev–Trinajstić information content (AvgIpc) is 2.76. The van der Waals surface area contributed by atoms with E-state index < -0.39 is 0 Å². The molecule has 0 spiro atoms. The summed E-state index contributed by atoms with van der Waals surface area (Å²) < 4.78 is 0.690. The molecule has 1 aliphatic heterocycles. The Morgan fingerprint density at radius 2 is 1.65 bits per heavy atom. The molecule has 1 aromatic carbocycles. The second-order valence-corrected chi connectivity index (χ2v) is 12.0. The van der Waals surface area contributed by atoms with Crippen molar-refractivity contribution in [3.05, 3.63) is 38.3 Å². The van der Waals surface area contributed by atoms with Gasteiger partial charge in [0.15, 0.2) is 0 Å². The molecule has 9 heteroatoms. The van der Waals surface area contributed by atoms with E-state index in [1.165, 1.54) is 44.6 Å². The predicted octanol–water partition coefficient (Wildman–Crippen LogP) is 3.72. The van der Waals surface area contributed by atoms with Gasteiger partial charge < -0.3 is 10.2 Å². The second kappa shape index (κ2) is 9.57. The number of nitrogens with zero attached hydrogens (tertiary/aromatic N) is 3. The van der Waals surface area contributed by atoms with Crippen LogP contribution in [0.4, 0.5) is 5.69 Å². The van der Waals surface area contributed by atoms with Crippen LogP contribution < -0.4 is 5.32 Å². The molecule has 1 saturated heterocycles. The maximum atomic E-state index is 12.7. The van der Waals surface area contributed by atoms with Gasteiger partial charge in [0.25, 0.3) is 5.69 Å². The highest BCUT2D eigenvalue weighted by atomic mass is 79.9. The molecule has 0 radical (unpaired) electrons. The van der Waals surface area contributed by atoms with Crippen LogP contribution in [0.1, 0.15) is 50.5 Å². The number of hydrogen-bond donors (Lipinski definition) is 1. The fourth-order valence-electron chi connectivity index (χ4n) is 7.44. The number of piperazine rings is 1. The van der Waals surface area contributed by atoms with Crippen molar-refractivity contribution in [3.8, 4) is 0 Å². The van der Waals surface area contributed by atoms with Crippen LogP contribution in [-0.2, 0) is 16.1 Å². The van der Waals surface area contributed by atoms with Crippen molar-refractivity contribution >= 4 is 33.4 Å². The minimum Gasteiger partial charge on any atom is -0.347 e. The monoisotopic (exact) mass is 532 g/mol. The fourth-order valence-corrected chi connectivity index (χ4v) is 7.97. The van der Waals surface area contributed by atoms with Gasteiger partial charge in [0.05, 0.1) is 11.5 Å². The predicted molar refractivity (Wildman–Crippen MR) is 131 cm³/mol. The Bertz CT molecular complexity index is 940. The molecule has 1 heterocycles. The van der Waals surface area contributed by atoms with Gasteiger partial charge in [-0.1, -0.05) is 15.9 Å². The van der Waals surface area contributed by atoms with Crippen LogP contribution in [-0.4, -0.2) is 59.3 Å². The normalized spacial score (nSPS) is 30.4. The SMILES string of the molecule is O=C(CC12CC3CC(CC(C3)C1)C2)NCC(=O)N1CCN(Cc2cc(Br)cc([N+](=O)[O-])c2)CC1. The molecule has 6 rings (SSSR count). The van der Waals surface area contributed by atoms with Crippen LogP contribution >= 0.6 is 15.9 Å². The molecule has 0 atom stereocenters. The molecular weight excluding hydrogens is 500 g/mol. The summed E-state index contributed by atoms with van der Waals surface area (Å²) >= 11 is 3.34. The summed E-state index contributed by atoms with van der Waals surface area (Å²) in [4.78, 5) is 40.2. The maximum absolute atomic E-state index is 12.7.